The lowest BCUT2D eigenvalue weighted by molar-refractivity contribution is -0.385. The SMILES string of the molecule is CC(C)Oc1ccc([N+](=O)[O-])cc1CN1CCOCC1. The third kappa shape index (κ3) is 3.91. The fourth-order valence-corrected chi connectivity index (χ4v) is 2.17. The topological polar surface area (TPSA) is 64.8 Å². The molecular weight excluding hydrogens is 260 g/mol. The Kier molecular flexibility index (Phi) is 4.92. The Hall–Kier alpha value is -1.66. The van der Waals surface area contributed by atoms with Crippen molar-refractivity contribution in [2.45, 2.75) is 26.5 Å². The van der Waals surface area contributed by atoms with Crippen LogP contribution >= 0.6 is 0 Å². The van der Waals surface area contributed by atoms with Crippen LogP contribution in [0.4, 0.5) is 5.69 Å². The molecule has 6 heteroatoms. The highest BCUT2D eigenvalue weighted by Crippen LogP contribution is 2.26. The number of nitro groups is 1. The quantitative estimate of drug-likeness (QED) is 0.611. The third-order valence-corrected chi connectivity index (χ3v) is 3.12. The van der Waals surface area contributed by atoms with E-state index in [4.69, 9.17) is 9.47 Å². The zero-order valence-electron chi connectivity index (χ0n) is 11.9. The molecule has 0 unspecified atom stereocenters. The van der Waals surface area contributed by atoms with Crippen LogP contribution in [0.1, 0.15) is 19.4 Å². The summed E-state index contributed by atoms with van der Waals surface area (Å²) in [5.74, 6) is 0.720. The van der Waals surface area contributed by atoms with E-state index in [-0.39, 0.29) is 16.7 Å². The van der Waals surface area contributed by atoms with Gasteiger partial charge in [-0.05, 0) is 19.9 Å². The molecule has 1 fully saturated rings. The van der Waals surface area contributed by atoms with E-state index in [9.17, 15) is 10.1 Å². The summed E-state index contributed by atoms with van der Waals surface area (Å²) in [6, 6.07) is 4.78. The predicted molar refractivity (Wildman–Crippen MR) is 75.0 cm³/mol. The molecule has 0 amide bonds. The van der Waals surface area contributed by atoms with Crippen LogP contribution < -0.4 is 4.74 Å². The van der Waals surface area contributed by atoms with E-state index in [0.29, 0.717) is 19.8 Å². The highest BCUT2D eigenvalue weighted by molar-refractivity contribution is 5.44. The maximum atomic E-state index is 10.9. The Morgan fingerprint density at radius 1 is 1.40 bits per heavy atom. The number of rotatable bonds is 5. The Morgan fingerprint density at radius 3 is 2.70 bits per heavy atom. The van der Waals surface area contributed by atoms with Gasteiger partial charge in [0.15, 0.2) is 0 Å². The van der Waals surface area contributed by atoms with Crippen molar-refractivity contribution in [3.05, 3.63) is 33.9 Å². The largest absolute Gasteiger partial charge is 0.491 e. The van der Waals surface area contributed by atoms with Gasteiger partial charge in [-0.3, -0.25) is 15.0 Å². The molecule has 0 spiro atoms. The van der Waals surface area contributed by atoms with Crippen LogP contribution in [0.15, 0.2) is 18.2 Å². The minimum Gasteiger partial charge on any atom is -0.491 e. The minimum absolute atomic E-state index is 0.0416. The van der Waals surface area contributed by atoms with Crippen molar-refractivity contribution in [1.29, 1.82) is 0 Å². The highest BCUT2D eigenvalue weighted by atomic mass is 16.6. The summed E-state index contributed by atoms with van der Waals surface area (Å²) in [5.41, 5.74) is 0.958. The molecule has 20 heavy (non-hydrogen) atoms. The molecule has 0 bridgehead atoms. The van der Waals surface area contributed by atoms with Gasteiger partial charge in [0, 0.05) is 37.3 Å². The first-order valence-electron chi connectivity index (χ1n) is 6.80. The van der Waals surface area contributed by atoms with Crippen LogP contribution in [0, 0.1) is 10.1 Å². The van der Waals surface area contributed by atoms with Gasteiger partial charge in [0.2, 0.25) is 0 Å². The fourth-order valence-electron chi connectivity index (χ4n) is 2.17. The van der Waals surface area contributed by atoms with E-state index >= 15 is 0 Å². The molecule has 1 aromatic carbocycles. The predicted octanol–water partition coefficient (Wildman–Crippen LogP) is 2.21. The maximum absolute atomic E-state index is 10.9. The van der Waals surface area contributed by atoms with Gasteiger partial charge in [-0.1, -0.05) is 0 Å². The van der Waals surface area contributed by atoms with Gasteiger partial charge in [0.25, 0.3) is 5.69 Å². The molecular formula is C14H20N2O4. The molecule has 0 atom stereocenters. The Bertz CT molecular complexity index is 470. The van der Waals surface area contributed by atoms with Gasteiger partial charge in [-0.15, -0.1) is 0 Å². The van der Waals surface area contributed by atoms with E-state index in [1.165, 1.54) is 6.07 Å². The van der Waals surface area contributed by atoms with Gasteiger partial charge in [0.1, 0.15) is 5.75 Å². The van der Waals surface area contributed by atoms with Crippen LogP contribution in [0.5, 0.6) is 5.75 Å². The molecule has 0 radical (unpaired) electrons. The van der Waals surface area contributed by atoms with Crippen molar-refractivity contribution in [2.24, 2.45) is 0 Å². The lowest BCUT2D eigenvalue weighted by Gasteiger charge is -2.27. The molecule has 1 aromatic rings. The van der Waals surface area contributed by atoms with Crippen molar-refractivity contribution < 1.29 is 14.4 Å². The average Bonchev–Trinajstić information content (AvgIpc) is 2.41. The molecule has 1 aliphatic rings. The summed E-state index contributed by atoms with van der Waals surface area (Å²) in [4.78, 5) is 12.8. The number of nitro benzene ring substituents is 1. The zero-order valence-corrected chi connectivity index (χ0v) is 11.9. The van der Waals surface area contributed by atoms with Crippen LogP contribution in [0.2, 0.25) is 0 Å². The van der Waals surface area contributed by atoms with E-state index in [1.807, 2.05) is 13.8 Å². The van der Waals surface area contributed by atoms with Gasteiger partial charge < -0.3 is 9.47 Å². The minimum atomic E-state index is -0.373. The van der Waals surface area contributed by atoms with E-state index in [2.05, 4.69) is 4.90 Å². The maximum Gasteiger partial charge on any atom is 0.270 e. The van der Waals surface area contributed by atoms with Gasteiger partial charge in [-0.25, -0.2) is 0 Å². The normalized spacial score (nSPS) is 16.4. The summed E-state index contributed by atoms with van der Waals surface area (Å²) in [6.45, 7) is 7.62. The first kappa shape index (κ1) is 14.7. The second-order valence-electron chi connectivity index (χ2n) is 5.10. The van der Waals surface area contributed by atoms with Crippen molar-refractivity contribution in [2.75, 3.05) is 26.3 Å². The molecule has 0 aliphatic carbocycles. The molecule has 0 N–H and O–H groups in total. The van der Waals surface area contributed by atoms with Crippen LogP contribution in [-0.4, -0.2) is 42.2 Å². The number of hydrogen-bond acceptors (Lipinski definition) is 5. The summed E-state index contributed by atoms with van der Waals surface area (Å²) < 4.78 is 11.1. The number of hydrogen-bond donors (Lipinski definition) is 0. The van der Waals surface area contributed by atoms with Gasteiger partial charge >= 0.3 is 0 Å². The first-order valence-corrected chi connectivity index (χ1v) is 6.80. The van der Waals surface area contributed by atoms with Crippen molar-refractivity contribution >= 4 is 5.69 Å². The highest BCUT2D eigenvalue weighted by Gasteiger charge is 2.17. The molecule has 0 saturated carbocycles. The number of non-ortho nitro benzene ring substituents is 1. The van der Waals surface area contributed by atoms with Crippen molar-refractivity contribution in [3.8, 4) is 5.75 Å². The lowest BCUT2D eigenvalue weighted by Crippen LogP contribution is -2.35. The number of ether oxygens (including phenoxy) is 2. The second kappa shape index (κ2) is 6.67. The van der Waals surface area contributed by atoms with Crippen molar-refractivity contribution in [1.82, 2.24) is 4.90 Å². The Balaban J connectivity index is 2.20. The molecule has 1 aliphatic heterocycles. The third-order valence-electron chi connectivity index (χ3n) is 3.12. The van der Waals surface area contributed by atoms with E-state index < -0.39 is 0 Å². The summed E-state index contributed by atoms with van der Waals surface area (Å²) in [5, 5.41) is 10.9. The van der Waals surface area contributed by atoms with E-state index in [0.717, 1.165) is 24.4 Å². The number of morpholine rings is 1. The zero-order chi connectivity index (χ0) is 14.5. The fraction of sp³-hybridized carbons (Fsp3) is 0.571. The Morgan fingerprint density at radius 2 is 2.10 bits per heavy atom. The molecule has 2 rings (SSSR count). The smallest absolute Gasteiger partial charge is 0.270 e. The molecule has 1 saturated heterocycles. The van der Waals surface area contributed by atoms with E-state index in [1.54, 1.807) is 12.1 Å². The lowest BCUT2D eigenvalue weighted by atomic mass is 10.1. The summed E-state index contributed by atoms with van der Waals surface area (Å²) >= 11 is 0. The summed E-state index contributed by atoms with van der Waals surface area (Å²) in [7, 11) is 0. The molecule has 1 heterocycles. The number of nitrogens with zero attached hydrogens (tertiary/aromatic N) is 2. The monoisotopic (exact) mass is 280 g/mol. The molecule has 0 aromatic heterocycles. The van der Waals surface area contributed by atoms with Crippen LogP contribution in [0.3, 0.4) is 0 Å². The standard InChI is InChI=1S/C14H20N2O4/c1-11(2)20-14-4-3-13(16(17)18)9-12(14)10-15-5-7-19-8-6-15/h3-4,9,11H,5-8,10H2,1-2H3. The second-order valence-corrected chi connectivity index (χ2v) is 5.10. The molecule has 6 nitrogen and oxygen atoms in total. The summed E-state index contributed by atoms with van der Waals surface area (Å²) in [6.07, 6.45) is 0.0416. The first-order chi connectivity index (χ1) is 9.56. The molecule has 110 valence electrons. The van der Waals surface area contributed by atoms with Gasteiger partial charge in [0.05, 0.1) is 24.2 Å². The van der Waals surface area contributed by atoms with Crippen LogP contribution in [-0.2, 0) is 11.3 Å². The van der Waals surface area contributed by atoms with Gasteiger partial charge in [-0.2, -0.15) is 0 Å². The average molecular weight is 280 g/mol. The van der Waals surface area contributed by atoms with Crippen LogP contribution in [0.25, 0.3) is 0 Å². The number of benzene rings is 1. The van der Waals surface area contributed by atoms with Crippen molar-refractivity contribution in [3.63, 3.8) is 0 Å². The Labute approximate surface area is 118 Å².